The molecule has 9 heteroatoms. The predicted molar refractivity (Wildman–Crippen MR) is 149 cm³/mol. The second-order valence-corrected chi connectivity index (χ2v) is 8.57. The molecular formula is C29H53NO8. The number of ether oxygens (including phenoxy) is 6. The van der Waals surface area contributed by atoms with Gasteiger partial charge in [0.05, 0.1) is 52.9 Å². The van der Waals surface area contributed by atoms with Crippen LogP contribution >= 0.6 is 0 Å². The van der Waals surface area contributed by atoms with E-state index in [0.717, 1.165) is 51.7 Å². The maximum atomic E-state index is 11.6. The summed E-state index contributed by atoms with van der Waals surface area (Å²) in [6.07, 6.45) is 13.4. The third kappa shape index (κ3) is 27.3. The van der Waals surface area contributed by atoms with Crippen LogP contribution in [0.3, 0.4) is 0 Å². The van der Waals surface area contributed by atoms with Gasteiger partial charge in [-0.25, -0.2) is 0 Å². The Kier molecular flexibility index (Phi) is 28.4. The van der Waals surface area contributed by atoms with E-state index in [4.69, 9.17) is 28.4 Å². The van der Waals surface area contributed by atoms with E-state index >= 15 is 0 Å². The number of allylic oxidation sites excluding steroid dienone is 4. The lowest BCUT2D eigenvalue weighted by atomic mass is 10.3. The van der Waals surface area contributed by atoms with Gasteiger partial charge in [-0.15, -0.1) is 0 Å². The van der Waals surface area contributed by atoms with Crippen LogP contribution in [0.2, 0.25) is 0 Å². The molecule has 0 bridgehead atoms. The van der Waals surface area contributed by atoms with E-state index < -0.39 is 0 Å². The summed E-state index contributed by atoms with van der Waals surface area (Å²) in [5.74, 6) is -0.384. The third-order valence-corrected chi connectivity index (χ3v) is 5.20. The molecule has 0 aliphatic rings. The number of nitrogens with zero attached hydrogens (tertiary/aromatic N) is 1. The number of esters is 2. The Balaban J connectivity index is 3.55. The summed E-state index contributed by atoms with van der Waals surface area (Å²) in [6, 6.07) is 0. The molecule has 0 rings (SSSR count). The standard InChI is InChI=1S/C29H53NO8/c1-4-7-9-11-13-28(31)37-26-24-35-22-20-33-18-16-30(15-6-3)17-19-34-21-23-36-25-27-38-29(32)14-12-10-8-5-2/h7-10H,4-6,11-27H2,1-3H3/b9-7-,10-8-. The van der Waals surface area contributed by atoms with Crippen molar-refractivity contribution in [2.24, 2.45) is 0 Å². The van der Waals surface area contributed by atoms with Gasteiger partial charge in [0, 0.05) is 25.9 Å². The molecular weight excluding hydrogens is 490 g/mol. The average Bonchev–Trinajstić information content (AvgIpc) is 2.91. The zero-order valence-electron chi connectivity index (χ0n) is 24.2. The summed E-state index contributed by atoms with van der Waals surface area (Å²) < 4.78 is 32.5. The highest BCUT2D eigenvalue weighted by Gasteiger charge is 2.05. The van der Waals surface area contributed by atoms with Gasteiger partial charge < -0.3 is 28.4 Å². The van der Waals surface area contributed by atoms with Gasteiger partial charge in [-0.3, -0.25) is 14.5 Å². The third-order valence-electron chi connectivity index (χ3n) is 5.20. The van der Waals surface area contributed by atoms with Crippen LogP contribution in [0.4, 0.5) is 0 Å². The monoisotopic (exact) mass is 543 g/mol. The lowest BCUT2D eigenvalue weighted by molar-refractivity contribution is -0.146. The zero-order valence-corrected chi connectivity index (χ0v) is 24.2. The number of rotatable bonds is 28. The smallest absolute Gasteiger partial charge is 0.306 e. The summed E-state index contributed by atoms with van der Waals surface area (Å²) in [4.78, 5) is 25.4. The van der Waals surface area contributed by atoms with E-state index in [2.05, 4.69) is 25.7 Å². The van der Waals surface area contributed by atoms with Crippen molar-refractivity contribution in [3.63, 3.8) is 0 Å². The minimum Gasteiger partial charge on any atom is -0.463 e. The van der Waals surface area contributed by atoms with Crippen LogP contribution in [-0.4, -0.2) is 103 Å². The normalized spacial score (nSPS) is 11.7. The quantitative estimate of drug-likeness (QED) is 0.0811. The van der Waals surface area contributed by atoms with Crippen molar-refractivity contribution in [2.75, 3.05) is 85.7 Å². The van der Waals surface area contributed by atoms with Gasteiger partial charge in [0.25, 0.3) is 0 Å². The van der Waals surface area contributed by atoms with Gasteiger partial charge in [-0.05, 0) is 38.6 Å². The Morgan fingerprint density at radius 1 is 0.526 bits per heavy atom. The molecule has 222 valence electrons. The van der Waals surface area contributed by atoms with Crippen molar-refractivity contribution in [3.8, 4) is 0 Å². The highest BCUT2D eigenvalue weighted by molar-refractivity contribution is 5.69. The lowest BCUT2D eigenvalue weighted by Crippen LogP contribution is -2.32. The summed E-state index contributed by atoms with van der Waals surface area (Å²) in [5, 5.41) is 0. The summed E-state index contributed by atoms with van der Waals surface area (Å²) in [6.45, 7) is 13.5. The van der Waals surface area contributed by atoms with Crippen LogP contribution in [-0.2, 0) is 38.0 Å². The van der Waals surface area contributed by atoms with E-state index in [0.29, 0.717) is 65.7 Å². The highest BCUT2D eigenvalue weighted by Crippen LogP contribution is 1.97. The fourth-order valence-electron chi connectivity index (χ4n) is 3.23. The molecule has 38 heavy (non-hydrogen) atoms. The van der Waals surface area contributed by atoms with Gasteiger partial charge in [0.15, 0.2) is 0 Å². The first-order chi connectivity index (χ1) is 18.6. The topological polar surface area (TPSA) is 92.8 Å². The molecule has 0 radical (unpaired) electrons. The minimum absolute atomic E-state index is 0.192. The van der Waals surface area contributed by atoms with Crippen LogP contribution < -0.4 is 0 Å². The summed E-state index contributed by atoms with van der Waals surface area (Å²) in [5.41, 5.74) is 0. The molecule has 0 amide bonds. The molecule has 0 fully saturated rings. The van der Waals surface area contributed by atoms with Crippen molar-refractivity contribution in [1.29, 1.82) is 0 Å². The molecule has 0 unspecified atom stereocenters. The van der Waals surface area contributed by atoms with Crippen LogP contribution in [0.5, 0.6) is 0 Å². The molecule has 0 aliphatic carbocycles. The largest absolute Gasteiger partial charge is 0.463 e. The first-order valence-corrected chi connectivity index (χ1v) is 14.3. The molecule has 0 N–H and O–H groups in total. The fourth-order valence-corrected chi connectivity index (χ4v) is 3.23. The number of hydrogen-bond donors (Lipinski definition) is 0. The maximum Gasteiger partial charge on any atom is 0.306 e. The van der Waals surface area contributed by atoms with E-state index in [1.165, 1.54) is 0 Å². The molecule has 0 saturated heterocycles. The van der Waals surface area contributed by atoms with Crippen molar-refractivity contribution < 1.29 is 38.0 Å². The Morgan fingerprint density at radius 2 is 0.921 bits per heavy atom. The molecule has 0 aliphatic heterocycles. The number of carbonyl (C=O) groups excluding carboxylic acids is 2. The van der Waals surface area contributed by atoms with E-state index in [1.54, 1.807) is 0 Å². The van der Waals surface area contributed by atoms with Crippen LogP contribution in [0, 0.1) is 0 Å². The van der Waals surface area contributed by atoms with E-state index in [1.807, 2.05) is 24.3 Å². The molecule has 0 aromatic carbocycles. The maximum absolute atomic E-state index is 11.6. The molecule has 0 aromatic rings. The molecule has 0 saturated carbocycles. The fraction of sp³-hybridized carbons (Fsp3) is 0.793. The minimum atomic E-state index is -0.192. The van der Waals surface area contributed by atoms with Gasteiger partial charge in [0.2, 0.25) is 0 Å². The Hall–Kier alpha value is -1.78. The molecule has 0 atom stereocenters. The average molecular weight is 544 g/mol. The van der Waals surface area contributed by atoms with Gasteiger partial charge >= 0.3 is 11.9 Å². The SMILES string of the molecule is CC/C=C\CCC(=O)OCCOCCOCCN(CCC)CCOCCOCCOC(=O)CC/C=C\CC. The molecule has 0 aromatic heterocycles. The van der Waals surface area contributed by atoms with Crippen molar-refractivity contribution in [3.05, 3.63) is 24.3 Å². The second kappa shape index (κ2) is 29.8. The van der Waals surface area contributed by atoms with E-state index in [9.17, 15) is 9.59 Å². The van der Waals surface area contributed by atoms with Crippen molar-refractivity contribution in [2.45, 2.75) is 65.7 Å². The summed E-state index contributed by atoms with van der Waals surface area (Å²) >= 11 is 0. The number of carbonyl (C=O) groups is 2. The predicted octanol–water partition coefficient (Wildman–Crippen LogP) is 4.34. The van der Waals surface area contributed by atoms with Crippen LogP contribution in [0.1, 0.15) is 65.7 Å². The molecule has 0 heterocycles. The molecule has 9 nitrogen and oxygen atoms in total. The molecule has 0 spiro atoms. The van der Waals surface area contributed by atoms with Gasteiger partial charge in [-0.2, -0.15) is 0 Å². The second-order valence-electron chi connectivity index (χ2n) is 8.57. The van der Waals surface area contributed by atoms with Gasteiger partial charge in [-0.1, -0.05) is 45.1 Å². The Morgan fingerprint density at radius 3 is 1.32 bits per heavy atom. The Bertz CT molecular complexity index is 549. The van der Waals surface area contributed by atoms with Crippen LogP contribution in [0.15, 0.2) is 24.3 Å². The summed E-state index contributed by atoms with van der Waals surface area (Å²) in [7, 11) is 0. The zero-order chi connectivity index (χ0) is 27.9. The Labute approximate surface area is 230 Å². The van der Waals surface area contributed by atoms with Crippen LogP contribution in [0.25, 0.3) is 0 Å². The van der Waals surface area contributed by atoms with E-state index in [-0.39, 0.29) is 25.2 Å². The van der Waals surface area contributed by atoms with Crippen molar-refractivity contribution >= 4 is 11.9 Å². The highest BCUT2D eigenvalue weighted by atomic mass is 16.6. The first-order valence-electron chi connectivity index (χ1n) is 14.3. The number of hydrogen-bond acceptors (Lipinski definition) is 9. The first kappa shape index (κ1) is 36.2. The lowest BCUT2D eigenvalue weighted by Gasteiger charge is -2.21. The van der Waals surface area contributed by atoms with Crippen molar-refractivity contribution in [1.82, 2.24) is 4.90 Å². The van der Waals surface area contributed by atoms with Gasteiger partial charge in [0.1, 0.15) is 13.2 Å².